The summed E-state index contributed by atoms with van der Waals surface area (Å²) in [6.45, 7) is 1.79. The van der Waals surface area contributed by atoms with E-state index < -0.39 is 22.2 Å². The lowest BCUT2D eigenvalue weighted by Crippen LogP contribution is -2.27. The van der Waals surface area contributed by atoms with Gasteiger partial charge in [-0.15, -0.1) is 0 Å². The maximum absolute atomic E-state index is 13.2. The van der Waals surface area contributed by atoms with Crippen molar-refractivity contribution in [3.8, 4) is 0 Å². The third-order valence-electron chi connectivity index (χ3n) is 3.70. The highest BCUT2D eigenvalue weighted by Gasteiger charge is 2.49. The van der Waals surface area contributed by atoms with E-state index in [1.165, 1.54) is 35.0 Å². The minimum Gasteiger partial charge on any atom is -0.248 e. The standard InChI is InChI=1S/C16H14F3N4O2S/c1-10-6-7-21-13(8-10)15-22-14(16(17,18)19)9-23(15)11-2-4-12(5-3-11)26(20,24)25/h2-9,14H,1H3,(H2,20,24,25)/q+1. The monoisotopic (exact) mass is 383 g/mol. The van der Waals surface area contributed by atoms with Crippen molar-refractivity contribution >= 4 is 27.8 Å². The van der Waals surface area contributed by atoms with Gasteiger partial charge in [0, 0.05) is 6.20 Å². The molecule has 136 valence electrons. The van der Waals surface area contributed by atoms with Crippen LogP contribution in [0.5, 0.6) is 0 Å². The van der Waals surface area contributed by atoms with E-state index in [1.807, 2.05) is 0 Å². The summed E-state index contributed by atoms with van der Waals surface area (Å²) >= 11 is 0. The lowest BCUT2D eigenvalue weighted by Gasteiger charge is -2.05. The summed E-state index contributed by atoms with van der Waals surface area (Å²) in [7, 11) is -3.90. The Morgan fingerprint density at radius 2 is 1.81 bits per heavy atom. The molecule has 0 aliphatic carbocycles. The number of aryl methyl sites for hydroxylation is 1. The fourth-order valence-electron chi connectivity index (χ4n) is 2.45. The minimum atomic E-state index is -4.55. The lowest BCUT2D eigenvalue weighted by atomic mass is 10.2. The number of hydrogen-bond donors (Lipinski definition) is 1. The zero-order valence-electron chi connectivity index (χ0n) is 13.5. The van der Waals surface area contributed by atoms with E-state index in [1.54, 1.807) is 19.1 Å². The highest BCUT2D eigenvalue weighted by atomic mass is 32.2. The zero-order valence-corrected chi connectivity index (χ0v) is 14.3. The summed E-state index contributed by atoms with van der Waals surface area (Å²) in [5.74, 6) is 0.0272. The van der Waals surface area contributed by atoms with Crippen molar-refractivity contribution in [1.82, 2.24) is 4.98 Å². The Hall–Kier alpha value is -2.59. The van der Waals surface area contributed by atoms with Gasteiger partial charge in [0.05, 0.1) is 4.90 Å². The van der Waals surface area contributed by atoms with Crippen LogP contribution in [0.4, 0.5) is 18.9 Å². The van der Waals surface area contributed by atoms with Gasteiger partial charge >= 0.3 is 12.0 Å². The Bertz CT molecular complexity index is 1010. The SMILES string of the molecule is Cc1ccnc(C2=NC(C(F)(F)F)C=[N+]2c2ccc(S(N)(=O)=O)cc2)c1. The number of pyridine rings is 1. The largest absolute Gasteiger partial charge is 0.440 e. The molecule has 0 amide bonds. The van der Waals surface area contributed by atoms with Gasteiger partial charge in [-0.25, -0.2) is 18.5 Å². The summed E-state index contributed by atoms with van der Waals surface area (Å²) in [6, 6.07) is 6.49. The molecule has 10 heteroatoms. The molecule has 1 aliphatic heterocycles. The highest BCUT2D eigenvalue weighted by Crippen LogP contribution is 2.28. The highest BCUT2D eigenvalue weighted by molar-refractivity contribution is 7.89. The molecular formula is C16H14F3N4O2S+. The molecule has 1 aromatic heterocycles. The first kappa shape index (κ1) is 18.2. The van der Waals surface area contributed by atoms with Crippen molar-refractivity contribution in [2.75, 3.05) is 0 Å². The van der Waals surface area contributed by atoms with Gasteiger partial charge in [-0.05, 0) is 48.9 Å². The summed E-state index contributed by atoms with van der Waals surface area (Å²) in [4.78, 5) is 7.71. The molecule has 2 heterocycles. The van der Waals surface area contributed by atoms with Crippen LogP contribution in [0.2, 0.25) is 0 Å². The topological polar surface area (TPSA) is 88.4 Å². The van der Waals surface area contributed by atoms with Crippen LogP contribution in [0, 0.1) is 6.92 Å². The number of nitrogens with zero attached hydrogens (tertiary/aromatic N) is 3. The van der Waals surface area contributed by atoms with Crippen LogP contribution >= 0.6 is 0 Å². The second-order valence-electron chi connectivity index (χ2n) is 5.72. The van der Waals surface area contributed by atoms with Gasteiger partial charge in [-0.2, -0.15) is 17.7 Å². The van der Waals surface area contributed by atoms with Crippen LogP contribution in [-0.2, 0) is 10.0 Å². The van der Waals surface area contributed by atoms with Crippen LogP contribution < -0.4 is 5.14 Å². The first-order valence-corrected chi connectivity index (χ1v) is 8.95. The van der Waals surface area contributed by atoms with E-state index in [9.17, 15) is 21.6 Å². The Kier molecular flexibility index (Phi) is 4.41. The number of amidine groups is 1. The molecule has 1 aliphatic rings. The number of halogens is 3. The molecular weight excluding hydrogens is 369 g/mol. The Morgan fingerprint density at radius 3 is 2.35 bits per heavy atom. The summed E-state index contributed by atoms with van der Waals surface area (Å²) in [5, 5.41) is 5.04. The van der Waals surface area contributed by atoms with E-state index in [0.29, 0.717) is 5.69 Å². The van der Waals surface area contributed by atoms with Gasteiger partial charge in [0.25, 0.3) is 6.04 Å². The summed E-state index contributed by atoms with van der Waals surface area (Å²) < 4.78 is 63.4. The Labute approximate surface area is 147 Å². The number of aliphatic imine (C=N–C) groups is 1. The number of primary sulfonamides is 1. The number of benzene rings is 1. The van der Waals surface area contributed by atoms with Gasteiger partial charge in [0.1, 0.15) is 11.9 Å². The molecule has 2 N–H and O–H groups in total. The van der Waals surface area contributed by atoms with Crippen molar-refractivity contribution in [1.29, 1.82) is 0 Å². The first-order chi connectivity index (χ1) is 12.1. The van der Waals surface area contributed by atoms with Crippen LogP contribution in [-0.4, -0.2) is 42.2 Å². The van der Waals surface area contributed by atoms with Crippen molar-refractivity contribution < 1.29 is 26.2 Å². The third-order valence-corrected chi connectivity index (χ3v) is 4.63. The second kappa shape index (κ2) is 6.29. The molecule has 0 saturated carbocycles. The van der Waals surface area contributed by atoms with E-state index >= 15 is 0 Å². The lowest BCUT2D eigenvalue weighted by molar-refractivity contribution is -0.297. The summed E-state index contributed by atoms with van der Waals surface area (Å²) in [5.41, 5.74) is 1.41. The normalized spacial score (nSPS) is 17.8. The summed E-state index contributed by atoms with van der Waals surface area (Å²) in [6.07, 6.45) is -2.15. The van der Waals surface area contributed by atoms with Crippen LogP contribution in [0.3, 0.4) is 0 Å². The van der Waals surface area contributed by atoms with Gasteiger partial charge in [0.2, 0.25) is 10.0 Å². The van der Waals surface area contributed by atoms with Gasteiger partial charge in [0.15, 0.2) is 5.69 Å². The number of rotatable bonds is 3. The number of alkyl halides is 3. The zero-order chi connectivity index (χ0) is 19.1. The molecule has 0 bridgehead atoms. The molecule has 0 saturated heterocycles. The third kappa shape index (κ3) is 3.65. The van der Waals surface area contributed by atoms with Crippen LogP contribution in [0.15, 0.2) is 52.5 Å². The number of aromatic nitrogens is 1. The fraction of sp³-hybridized carbons (Fsp3) is 0.188. The predicted octanol–water partition coefficient (Wildman–Crippen LogP) is 2.14. The molecule has 0 spiro atoms. The van der Waals surface area contributed by atoms with Crippen molar-refractivity contribution in [2.45, 2.75) is 24.0 Å². The van der Waals surface area contributed by atoms with Crippen molar-refractivity contribution in [3.63, 3.8) is 0 Å². The van der Waals surface area contributed by atoms with Gasteiger partial charge in [-0.3, -0.25) is 0 Å². The van der Waals surface area contributed by atoms with Gasteiger partial charge < -0.3 is 0 Å². The first-order valence-electron chi connectivity index (χ1n) is 7.40. The average molecular weight is 383 g/mol. The van der Waals surface area contributed by atoms with Crippen LogP contribution in [0.1, 0.15) is 11.3 Å². The van der Waals surface area contributed by atoms with E-state index in [0.717, 1.165) is 11.8 Å². The molecule has 6 nitrogen and oxygen atoms in total. The maximum Gasteiger partial charge on any atom is 0.440 e. The van der Waals surface area contributed by atoms with Gasteiger partial charge in [-0.1, -0.05) is 4.99 Å². The molecule has 1 atom stereocenters. The molecule has 26 heavy (non-hydrogen) atoms. The predicted molar refractivity (Wildman–Crippen MR) is 89.2 cm³/mol. The molecule has 1 unspecified atom stereocenters. The fourth-order valence-corrected chi connectivity index (χ4v) is 2.96. The molecule has 0 fully saturated rings. The maximum atomic E-state index is 13.2. The van der Waals surface area contributed by atoms with E-state index in [-0.39, 0.29) is 16.4 Å². The van der Waals surface area contributed by atoms with E-state index in [2.05, 4.69) is 9.98 Å². The number of nitrogens with two attached hydrogens (primary N) is 1. The minimum absolute atomic E-state index is 0.0272. The van der Waals surface area contributed by atoms with Crippen molar-refractivity contribution in [3.05, 3.63) is 53.9 Å². The Balaban J connectivity index is 2.09. The molecule has 1 aromatic carbocycles. The van der Waals surface area contributed by atoms with Crippen molar-refractivity contribution in [2.24, 2.45) is 10.1 Å². The average Bonchev–Trinajstić information content (AvgIpc) is 3.00. The molecule has 2 aromatic rings. The Morgan fingerprint density at radius 1 is 1.15 bits per heavy atom. The number of hydrogen-bond acceptors (Lipinski definition) is 4. The number of sulfonamides is 1. The van der Waals surface area contributed by atoms with Crippen LogP contribution in [0.25, 0.3) is 0 Å². The quantitative estimate of drug-likeness (QED) is 0.824. The second-order valence-corrected chi connectivity index (χ2v) is 7.28. The molecule has 0 radical (unpaired) electrons. The van der Waals surface area contributed by atoms with E-state index in [4.69, 9.17) is 5.14 Å². The molecule has 3 rings (SSSR count). The smallest absolute Gasteiger partial charge is 0.248 e.